The molecule has 0 radical (unpaired) electrons. The second-order valence-electron chi connectivity index (χ2n) is 10.5. The molecule has 4 aliphatic rings. The lowest BCUT2D eigenvalue weighted by molar-refractivity contribution is -0.226. The maximum atomic E-state index is 13.9. The topological polar surface area (TPSA) is 79.1 Å². The molecular formula is C23H29FN4O3. The van der Waals surface area contributed by atoms with E-state index in [1.807, 2.05) is 11.6 Å². The van der Waals surface area contributed by atoms with Gasteiger partial charge in [0, 0.05) is 5.56 Å². The molecule has 8 heteroatoms. The quantitative estimate of drug-likeness (QED) is 0.539. The second-order valence-corrected chi connectivity index (χ2v) is 10.5. The van der Waals surface area contributed by atoms with Crippen LogP contribution >= 0.6 is 0 Å². The highest BCUT2D eigenvalue weighted by Gasteiger charge is 2.52. The van der Waals surface area contributed by atoms with E-state index in [1.165, 1.54) is 31.4 Å². The smallest absolute Gasteiger partial charge is 0.358 e. The van der Waals surface area contributed by atoms with Gasteiger partial charge in [0.15, 0.2) is 5.69 Å². The molecule has 4 bridgehead atoms. The van der Waals surface area contributed by atoms with Crippen LogP contribution in [0.15, 0.2) is 12.1 Å². The van der Waals surface area contributed by atoms with Gasteiger partial charge in [-0.05, 0) is 83.8 Å². The predicted molar refractivity (Wildman–Crippen MR) is 111 cm³/mol. The van der Waals surface area contributed by atoms with E-state index in [0.717, 1.165) is 30.4 Å². The van der Waals surface area contributed by atoms with Gasteiger partial charge in [-0.2, -0.15) is 4.39 Å². The summed E-state index contributed by atoms with van der Waals surface area (Å²) < 4.78 is 27.7. The van der Waals surface area contributed by atoms with Gasteiger partial charge < -0.3 is 9.47 Å². The number of hydrogen-bond donors (Lipinski definition) is 0. The summed E-state index contributed by atoms with van der Waals surface area (Å²) in [5, 5.41) is 8.72. The Hall–Kier alpha value is -2.35. The lowest BCUT2D eigenvalue weighted by atomic mass is 9.62. The van der Waals surface area contributed by atoms with E-state index in [9.17, 15) is 9.18 Å². The normalized spacial score (nSPS) is 29.4. The number of ether oxygens (including phenoxy) is 2. The number of carbonyl (C=O) groups is 1. The monoisotopic (exact) mass is 428 g/mol. The molecule has 2 atom stereocenters. The van der Waals surface area contributed by atoms with Gasteiger partial charge in [-0.25, -0.2) is 14.5 Å². The fraction of sp³-hybridized carbons (Fsp3) is 0.652. The van der Waals surface area contributed by atoms with Crippen molar-refractivity contribution in [1.29, 1.82) is 0 Å². The van der Waals surface area contributed by atoms with Crippen LogP contribution in [0.5, 0.6) is 0 Å². The van der Waals surface area contributed by atoms with Gasteiger partial charge in [-0.15, -0.1) is 5.10 Å². The van der Waals surface area contributed by atoms with Crippen molar-refractivity contribution in [3.8, 4) is 11.3 Å². The predicted octanol–water partition coefficient (Wildman–Crippen LogP) is 4.09. The molecule has 0 N–H and O–H groups in total. The average molecular weight is 429 g/mol. The molecular weight excluding hydrogens is 399 g/mol. The first-order valence-electron chi connectivity index (χ1n) is 11.1. The van der Waals surface area contributed by atoms with Gasteiger partial charge in [0.25, 0.3) is 0 Å². The number of rotatable bonds is 4. The van der Waals surface area contributed by atoms with Crippen LogP contribution in [0.2, 0.25) is 0 Å². The van der Waals surface area contributed by atoms with Crippen LogP contribution < -0.4 is 0 Å². The van der Waals surface area contributed by atoms with Crippen molar-refractivity contribution < 1.29 is 18.7 Å². The summed E-state index contributed by atoms with van der Waals surface area (Å²) >= 11 is 0. The minimum absolute atomic E-state index is 0.0869. The van der Waals surface area contributed by atoms with E-state index in [4.69, 9.17) is 9.47 Å². The van der Waals surface area contributed by atoms with E-state index in [-0.39, 0.29) is 11.3 Å². The number of esters is 1. The SMILES string of the molecule is Cc1c(-c2ccc(F)nc2C(=O)OC(C)(C)C)nnn1CC12CC3CC(CC(C3)O1)C2. The molecule has 0 aromatic carbocycles. The molecule has 2 saturated carbocycles. The molecule has 2 aromatic rings. The number of hydrogen-bond acceptors (Lipinski definition) is 6. The van der Waals surface area contributed by atoms with Crippen molar-refractivity contribution in [3.63, 3.8) is 0 Å². The first-order valence-corrected chi connectivity index (χ1v) is 11.1. The Balaban J connectivity index is 1.45. The number of halogens is 1. The Morgan fingerprint density at radius 2 is 1.97 bits per heavy atom. The zero-order valence-electron chi connectivity index (χ0n) is 18.5. The number of aromatic nitrogens is 4. The van der Waals surface area contributed by atoms with Crippen LogP contribution in [0.25, 0.3) is 11.3 Å². The van der Waals surface area contributed by atoms with Gasteiger partial charge in [0.2, 0.25) is 5.95 Å². The van der Waals surface area contributed by atoms with Gasteiger partial charge in [0.1, 0.15) is 11.3 Å². The van der Waals surface area contributed by atoms with Gasteiger partial charge in [0.05, 0.1) is 23.9 Å². The minimum atomic E-state index is -0.739. The number of nitrogens with zero attached hydrogens (tertiary/aromatic N) is 4. The Kier molecular flexibility index (Phi) is 4.70. The fourth-order valence-corrected chi connectivity index (χ4v) is 5.83. The van der Waals surface area contributed by atoms with E-state index < -0.39 is 17.5 Å². The third-order valence-corrected chi connectivity index (χ3v) is 6.73. The largest absolute Gasteiger partial charge is 0.455 e. The van der Waals surface area contributed by atoms with Gasteiger partial charge >= 0.3 is 5.97 Å². The van der Waals surface area contributed by atoms with Crippen molar-refractivity contribution in [3.05, 3.63) is 29.5 Å². The third-order valence-electron chi connectivity index (χ3n) is 6.73. The Morgan fingerprint density at radius 1 is 1.26 bits per heavy atom. The second kappa shape index (κ2) is 7.08. The minimum Gasteiger partial charge on any atom is -0.455 e. The highest BCUT2D eigenvalue weighted by atomic mass is 19.1. The molecule has 4 heterocycles. The summed E-state index contributed by atoms with van der Waals surface area (Å²) in [6, 6.07) is 2.74. The maximum absolute atomic E-state index is 13.9. The van der Waals surface area contributed by atoms with E-state index in [2.05, 4.69) is 15.3 Å². The van der Waals surface area contributed by atoms with Gasteiger partial charge in [-0.1, -0.05) is 5.21 Å². The van der Waals surface area contributed by atoms with E-state index >= 15 is 0 Å². The van der Waals surface area contributed by atoms with Gasteiger partial charge in [-0.3, -0.25) is 0 Å². The summed E-state index contributed by atoms with van der Waals surface area (Å²) in [6.45, 7) is 7.84. The first-order chi connectivity index (χ1) is 14.6. The van der Waals surface area contributed by atoms with Crippen LogP contribution in [-0.2, 0) is 16.0 Å². The van der Waals surface area contributed by atoms with Crippen molar-refractivity contribution in [2.24, 2.45) is 11.8 Å². The van der Waals surface area contributed by atoms with Crippen LogP contribution in [0.1, 0.15) is 69.1 Å². The maximum Gasteiger partial charge on any atom is 0.358 e. The zero-order valence-corrected chi connectivity index (χ0v) is 18.5. The molecule has 2 unspecified atom stereocenters. The molecule has 31 heavy (non-hydrogen) atoms. The van der Waals surface area contributed by atoms with Crippen LogP contribution in [0, 0.1) is 24.7 Å². The van der Waals surface area contributed by atoms with Crippen LogP contribution in [0.4, 0.5) is 4.39 Å². The lowest BCUT2D eigenvalue weighted by Crippen LogP contribution is -2.56. The highest BCUT2D eigenvalue weighted by molar-refractivity contribution is 5.95. The Morgan fingerprint density at radius 3 is 2.61 bits per heavy atom. The van der Waals surface area contributed by atoms with Crippen molar-refractivity contribution in [1.82, 2.24) is 20.0 Å². The highest BCUT2D eigenvalue weighted by Crippen LogP contribution is 2.53. The number of pyridine rings is 1. The molecule has 2 aliphatic carbocycles. The molecule has 166 valence electrons. The first kappa shape index (κ1) is 20.5. The molecule has 6 rings (SSSR count). The average Bonchev–Trinajstić information content (AvgIpc) is 2.99. The van der Waals surface area contributed by atoms with E-state index in [0.29, 0.717) is 23.9 Å². The molecule has 0 amide bonds. The standard InChI is InChI=1S/C23H29FN4O3/c1-13-19(17-5-6-18(24)25-20(17)21(29)31-22(2,3)4)26-27-28(13)12-23-10-14-7-15(11-23)9-16(8-14)30-23/h5-6,14-16H,7-12H2,1-4H3. The zero-order chi connectivity index (χ0) is 22.0. The molecule has 2 aliphatic heterocycles. The Bertz CT molecular complexity index is 991. The molecule has 4 fully saturated rings. The molecule has 2 saturated heterocycles. The van der Waals surface area contributed by atoms with Crippen molar-refractivity contribution >= 4 is 5.97 Å². The van der Waals surface area contributed by atoms with Crippen LogP contribution in [-0.4, -0.2) is 43.3 Å². The summed E-state index contributed by atoms with van der Waals surface area (Å²) in [5.41, 5.74) is 0.752. The van der Waals surface area contributed by atoms with Crippen molar-refractivity contribution in [2.75, 3.05) is 0 Å². The van der Waals surface area contributed by atoms with Crippen LogP contribution in [0.3, 0.4) is 0 Å². The van der Waals surface area contributed by atoms with Crippen molar-refractivity contribution in [2.45, 2.75) is 83.6 Å². The number of carbonyl (C=O) groups excluding carboxylic acids is 1. The summed E-state index contributed by atoms with van der Waals surface area (Å²) in [7, 11) is 0. The summed E-state index contributed by atoms with van der Waals surface area (Å²) in [5.74, 6) is 0.0706. The molecule has 0 spiro atoms. The third kappa shape index (κ3) is 3.86. The lowest BCUT2D eigenvalue weighted by Gasteiger charge is -2.56. The Labute approximate surface area is 181 Å². The molecule has 7 nitrogen and oxygen atoms in total. The fourth-order valence-electron chi connectivity index (χ4n) is 5.83. The summed E-state index contributed by atoms with van der Waals surface area (Å²) in [6.07, 6.45) is 6.19. The summed E-state index contributed by atoms with van der Waals surface area (Å²) in [4.78, 5) is 16.5. The molecule has 2 aromatic heterocycles. The van der Waals surface area contributed by atoms with E-state index in [1.54, 1.807) is 20.8 Å².